The lowest BCUT2D eigenvalue weighted by molar-refractivity contribution is -0.137. The predicted octanol–water partition coefficient (Wildman–Crippen LogP) is 3.29. The van der Waals surface area contributed by atoms with Crippen molar-refractivity contribution < 1.29 is 37.0 Å². The number of carbonyl (C=O) groups is 2. The molecular weight excluding hydrogens is 690 g/mol. The molecule has 3 aliphatic rings. The first-order chi connectivity index (χ1) is 23.8. The molecule has 7 rings (SSSR count). The number of rotatable bonds is 5. The standard InChI is InChI=1S/C31H30ClF4N9O5/c1-16-14-21(26(47)38-20-3-2-17(15-18(20)32)31(34,35)36)44-23(16)24(28(49)45-30(44)39-29(40-45)43-10-12-50-13-11-43)41-6-8-42(9-7-41)27(48)22-25(46)19(33)4-5-37-22/h2-5,15-16,21,46H,6-14H2,1H3,(H,38,47)/t16-,21-/m0/s1. The Balaban J connectivity index is 1.25. The summed E-state index contributed by atoms with van der Waals surface area (Å²) in [7, 11) is 0. The van der Waals surface area contributed by atoms with E-state index in [1.54, 1.807) is 9.47 Å². The van der Waals surface area contributed by atoms with Crippen molar-refractivity contribution in [1.29, 1.82) is 0 Å². The van der Waals surface area contributed by atoms with Crippen LogP contribution in [-0.2, 0) is 15.7 Å². The van der Waals surface area contributed by atoms with Crippen molar-refractivity contribution in [2.75, 3.05) is 67.6 Å². The number of amides is 2. The summed E-state index contributed by atoms with van der Waals surface area (Å²) in [5.41, 5.74) is -1.13. The van der Waals surface area contributed by atoms with Crippen LogP contribution in [0.4, 0.5) is 34.9 Å². The van der Waals surface area contributed by atoms with Gasteiger partial charge in [0.2, 0.25) is 17.6 Å². The number of hydrogen-bond acceptors (Lipinski definition) is 10. The van der Waals surface area contributed by atoms with Gasteiger partial charge in [0.1, 0.15) is 11.7 Å². The van der Waals surface area contributed by atoms with Gasteiger partial charge in [-0.3, -0.25) is 19.0 Å². The molecule has 2 saturated heterocycles. The van der Waals surface area contributed by atoms with E-state index < -0.39 is 52.4 Å². The van der Waals surface area contributed by atoms with Crippen LogP contribution >= 0.6 is 11.6 Å². The minimum absolute atomic E-state index is 0.0156. The molecule has 0 saturated carbocycles. The van der Waals surface area contributed by atoms with E-state index in [-0.39, 0.29) is 66.6 Å². The average molecular weight is 720 g/mol. The summed E-state index contributed by atoms with van der Waals surface area (Å²) >= 11 is 6.16. The molecule has 6 heterocycles. The number of pyridine rings is 1. The topological polar surface area (TPSA) is 150 Å². The van der Waals surface area contributed by atoms with Gasteiger partial charge >= 0.3 is 6.18 Å². The third kappa shape index (κ3) is 5.85. The third-order valence-corrected chi connectivity index (χ3v) is 9.47. The molecule has 1 aromatic carbocycles. The smallest absolute Gasteiger partial charge is 0.416 e. The number of piperazine rings is 1. The van der Waals surface area contributed by atoms with E-state index in [4.69, 9.17) is 21.3 Å². The van der Waals surface area contributed by atoms with Gasteiger partial charge in [-0.05, 0) is 30.7 Å². The largest absolute Gasteiger partial charge is 0.503 e. The highest BCUT2D eigenvalue weighted by Crippen LogP contribution is 2.42. The number of morpholine rings is 1. The number of aromatic hydroxyl groups is 1. The third-order valence-electron chi connectivity index (χ3n) is 9.16. The fraction of sp³-hybridized carbons (Fsp3) is 0.419. The summed E-state index contributed by atoms with van der Waals surface area (Å²) in [6.45, 7) is 4.21. The van der Waals surface area contributed by atoms with Crippen molar-refractivity contribution >= 4 is 46.5 Å². The Morgan fingerprint density at radius 3 is 2.46 bits per heavy atom. The number of alkyl halides is 3. The molecule has 3 aromatic heterocycles. The number of hydrogen-bond donors (Lipinski definition) is 2. The predicted molar refractivity (Wildman–Crippen MR) is 171 cm³/mol. The monoisotopic (exact) mass is 719 g/mol. The Kier molecular flexibility index (Phi) is 8.53. The van der Waals surface area contributed by atoms with Gasteiger partial charge in [0, 0.05) is 51.4 Å². The van der Waals surface area contributed by atoms with Crippen LogP contribution in [-0.4, -0.2) is 98.5 Å². The summed E-state index contributed by atoms with van der Waals surface area (Å²) in [6.07, 6.45) is -3.32. The Morgan fingerprint density at radius 1 is 1.06 bits per heavy atom. The zero-order valence-corrected chi connectivity index (χ0v) is 27.2. The zero-order chi connectivity index (χ0) is 35.5. The molecule has 0 bridgehead atoms. The maximum Gasteiger partial charge on any atom is 0.416 e. The van der Waals surface area contributed by atoms with E-state index in [2.05, 4.69) is 15.4 Å². The second-order valence-electron chi connectivity index (χ2n) is 12.2. The molecule has 14 nitrogen and oxygen atoms in total. The first kappa shape index (κ1) is 33.5. The zero-order valence-electron chi connectivity index (χ0n) is 26.5. The van der Waals surface area contributed by atoms with Crippen LogP contribution in [0.2, 0.25) is 5.02 Å². The lowest BCUT2D eigenvalue weighted by Crippen LogP contribution is -2.51. The van der Waals surface area contributed by atoms with Crippen LogP contribution in [0.1, 0.15) is 47.1 Å². The van der Waals surface area contributed by atoms with Crippen LogP contribution < -0.4 is 20.7 Å². The number of ether oxygens (including phenoxy) is 1. The van der Waals surface area contributed by atoms with Crippen molar-refractivity contribution in [2.45, 2.75) is 31.5 Å². The summed E-state index contributed by atoms with van der Waals surface area (Å²) in [4.78, 5) is 54.8. The van der Waals surface area contributed by atoms with Crippen LogP contribution in [0.3, 0.4) is 0 Å². The SMILES string of the molecule is C[C@H]1C[C@@H](C(=O)Nc2ccc(C(F)(F)F)cc2Cl)n2c1c(N1CCN(C(=O)c3nccc(F)c3O)CC1)c(=O)n1nc(N3CCOCC3)nc21. The molecule has 2 atom stereocenters. The maximum absolute atomic E-state index is 14.3. The lowest BCUT2D eigenvalue weighted by atomic mass is 10.0. The number of fused-ring (bicyclic) bond motifs is 3. The molecule has 2 amide bonds. The van der Waals surface area contributed by atoms with Gasteiger partial charge in [0.15, 0.2) is 17.3 Å². The van der Waals surface area contributed by atoms with Gasteiger partial charge in [0.05, 0.1) is 35.2 Å². The number of benzene rings is 1. The lowest BCUT2D eigenvalue weighted by Gasteiger charge is -2.36. The van der Waals surface area contributed by atoms with Crippen molar-refractivity contribution in [3.8, 4) is 5.75 Å². The van der Waals surface area contributed by atoms with Crippen LogP contribution in [0.25, 0.3) is 5.78 Å². The van der Waals surface area contributed by atoms with E-state index in [0.717, 1.165) is 35.0 Å². The van der Waals surface area contributed by atoms with E-state index in [1.165, 1.54) is 4.90 Å². The van der Waals surface area contributed by atoms with Crippen LogP contribution in [0.5, 0.6) is 5.75 Å². The Labute approximate surface area is 285 Å². The van der Waals surface area contributed by atoms with Gasteiger partial charge in [-0.2, -0.15) is 22.7 Å². The second kappa shape index (κ2) is 12.7. The van der Waals surface area contributed by atoms with Gasteiger partial charge < -0.3 is 29.9 Å². The molecule has 0 radical (unpaired) electrons. The molecule has 0 spiro atoms. The Bertz CT molecular complexity index is 2060. The number of aromatic nitrogens is 5. The van der Waals surface area contributed by atoms with Crippen LogP contribution in [0, 0.1) is 5.82 Å². The summed E-state index contributed by atoms with van der Waals surface area (Å²) in [5.74, 6) is -3.06. The summed E-state index contributed by atoms with van der Waals surface area (Å²) in [6, 6.07) is 2.63. The first-order valence-electron chi connectivity index (χ1n) is 15.8. The number of anilines is 3. The molecule has 19 heteroatoms. The molecule has 50 heavy (non-hydrogen) atoms. The first-order valence-corrected chi connectivity index (χ1v) is 16.1. The maximum atomic E-state index is 14.3. The molecule has 4 aromatic rings. The minimum Gasteiger partial charge on any atom is -0.503 e. The number of halogens is 5. The van der Waals surface area contributed by atoms with Crippen molar-refractivity contribution in [3.63, 3.8) is 0 Å². The van der Waals surface area contributed by atoms with Gasteiger partial charge in [0.25, 0.3) is 11.5 Å². The Morgan fingerprint density at radius 2 is 1.78 bits per heavy atom. The van der Waals surface area contributed by atoms with E-state index in [9.17, 15) is 37.1 Å². The highest BCUT2D eigenvalue weighted by Gasteiger charge is 2.41. The molecule has 264 valence electrons. The fourth-order valence-electron chi connectivity index (χ4n) is 6.64. The summed E-state index contributed by atoms with van der Waals surface area (Å²) in [5, 5.41) is 17.0. The van der Waals surface area contributed by atoms with Crippen molar-refractivity contribution in [2.24, 2.45) is 0 Å². The molecule has 0 unspecified atom stereocenters. The van der Waals surface area contributed by atoms with Gasteiger partial charge in [-0.1, -0.05) is 18.5 Å². The highest BCUT2D eigenvalue weighted by atomic mass is 35.5. The molecule has 2 N–H and O–H groups in total. The van der Waals surface area contributed by atoms with E-state index in [0.29, 0.717) is 32.0 Å². The van der Waals surface area contributed by atoms with Gasteiger partial charge in [-0.25, -0.2) is 9.37 Å². The normalized spacial score (nSPS) is 19.6. The van der Waals surface area contributed by atoms with Crippen molar-refractivity contribution in [1.82, 2.24) is 29.0 Å². The Hall–Kier alpha value is -4.97. The fourth-order valence-corrected chi connectivity index (χ4v) is 6.87. The number of nitrogens with one attached hydrogen (secondary N) is 1. The van der Waals surface area contributed by atoms with E-state index >= 15 is 0 Å². The highest BCUT2D eigenvalue weighted by molar-refractivity contribution is 6.33. The molecule has 3 aliphatic heterocycles. The second-order valence-corrected chi connectivity index (χ2v) is 12.6. The van der Waals surface area contributed by atoms with Crippen molar-refractivity contribution in [3.05, 3.63) is 68.6 Å². The molecular formula is C31H30ClF4N9O5. The number of carbonyl (C=O) groups excluding carboxylic acids is 2. The number of nitrogens with zero attached hydrogens (tertiary/aromatic N) is 8. The average Bonchev–Trinajstić information content (AvgIpc) is 3.69. The molecule has 2 fully saturated rings. The van der Waals surface area contributed by atoms with E-state index in [1.807, 2.05) is 11.8 Å². The minimum atomic E-state index is -4.62. The molecule has 0 aliphatic carbocycles. The quantitative estimate of drug-likeness (QED) is 0.294. The van der Waals surface area contributed by atoms with Gasteiger partial charge in [-0.15, -0.1) is 5.10 Å². The summed E-state index contributed by atoms with van der Waals surface area (Å²) < 4.78 is 61.9. The van der Waals surface area contributed by atoms with Crippen LogP contribution in [0.15, 0.2) is 35.3 Å².